The molecule has 0 aliphatic carbocycles. The zero-order valence-corrected chi connectivity index (χ0v) is 23.1. The van der Waals surface area contributed by atoms with Crippen LogP contribution in [0.25, 0.3) is 22.2 Å². The van der Waals surface area contributed by atoms with Gasteiger partial charge in [-0.3, -0.25) is 14.7 Å². The Hall–Kier alpha value is -4.17. The largest absolute Gasteiger partial charge is 0.495 e. The molecule has 1 aliphatic rings. The number of aliphatic hydroxyl groups excluding tert-OH is 1. The van der Waals surface area contributed by atoms with Crippen LogP contribution in [0.4, 0.5) is 21.7 Å². The summed E-state index contributed by atoms with van der Waals surface area (Å²) in [6.45, 7) is 3.30. The number of nitrogens with zero attached hydrogens (tertiary/aromatic N) is 5. The van der Waals surface area contributed by atoms with Crippen LogP contribution in [0.15, 0.2) is 42.9 Å². The summed E-state index contributed by atoms with van der Waals surface area (Å²) in [7, 11) is 5.13. The van der Waals surface area contributed by atoms with Gasteiger partial charge in [0.2, 0.25) is 11.9 Å². The van der Waals surface area contributed by atoms with E-state index in [1.165, 1.54) is 13.3 Å². The molecule has 12 nitrogen and oxygen atoms in total. The third-order valence-corrected chi connectivity index (χ3v) is 7.13. The zero-order chi connectivity index (χ0) is 28.9. The van der Waals surface area contributed by atoms with Crippen LogP contribution in [-0.2, 0) is 16.1 Å². The summed E-state index contributed by atoms with van der Waals surface area (Å²) < 4.78 is 25.7. The fourth-order valence-electron chi connectivity index (χ4n) is 4.89. The number of H-pyrrole nitrogens is 1. The first kappa shape index (κ1) is 28.4. The molecule has 1 fully saturated rings. The standard InChI is InChI=1S/C28H33FN8O4/c1-36-7-9-37(10-8-36)23(16-40-2)27(39)34-21-6-4-5-18-19(13-31-26(18)21)25-20(29)14-32-28(35-25)33-17-11-24(41-3)22(15-38)30-12-17/h4-6,11-14,23,31,38H,7-10,15-16H2,1-3H3,(H,34,39)(H,32,33,35)/t23-/m1/s1. The van der Waals surface area contributed by atoms with Gasteiger partial charge in [0, 0.05) is 56.5 Å². The number of ether oxygens (including phenoxy) is 2. The molecule has 1 aliphatic heterocycles. The Morgan fingerprint density at radius 3 is 2.73 bits per heavy atom. The molecule has 5 rings (SSSR count). The summed E-state index contributed by atoms with van der Waals surface area (Å²) in [5, 5.41) is 16.1. The van der Waals surface area contributed by atoms with Crippen LogP contribution in [0.5, 0.6) is 5.75 Å². The molecule has 0 saturated carbocycles. The Balaban J connectivity index is 1.40. The topological polar surface area (TPSA) is 141 Å². The lowest BCUT2D eigenvalue weighted by Gasteiger charge is -2.36. The van der Waals surface area contributed by atoms with E-state index in [0.29, 0.717) is 39.3 Å². The Morgan fingerprint density at radius 2 is 2.00 bits per heavy atom. The number of hydrogen-bond donors (Lipinski definition) is 4. The van der Waals surface area contributed by atoms with E-state index < -0.39 is 11.9 Å². The number of hydrogen-bond acceptors (Lipinski definition) is 10. The molecule has 1 aromatic carbocycles. The Kier molecular flexibility index (Phi) is 8.69. The first-order valence-corrected chi connectivity index (χ1v) is 13.2. The van der Waals surface area contributed by atoms with Gasteiger partial charge in [0.05, 0.1) is 49.6 Å². The molecule has 1 atom stereocenters. The van der Waals surface area contributed by atoms with Crippen LogP contribution in [0.1, 0.15) is 5.69 Å². The number of benzene rings is 1. The number of aromatic nitrogens is 4. The number of piperazine rings is 1. The van der Waals surface area contributed by atoms with Crippen molar-refractivity contribution in [1.82, 2.24) is 29.7 Å². The molecule has 4 heterocycles. The molecule has 216 valence electrons. The van der Waals surface area contributed by atoms with Gasteiger partial charge >= 0.3 is 0 Å². The highest BCUT2D eigenvalue weighted by Crippen LogP contribution is 2.33. The number of fused-ring (bicyclic) bond motifs is 1. The van der Waals surface area contributed by atoms with Gasteiger partial charge in [-0.1, -0.05) is 12.1 Å². The molecule has 0 bridgehead atoms. The Labute approximate surface area is 236 Å². The van der Waals surface area contributed by atoms with Gasteiger partial charge in [0.1, 0.15) is 23.2 Å². The summed E-state index contributed by atoms with van der Waals surface area (Å²) in [5.41, 5.74) is 2.70. The number of rotatable bonds is 10. The summed E-state index contributed by atoms with van der Waals surface area (Å²) in [4.78, 5) is 33.6. The lowest BCUT2D eigenvalue weighted by molar-refractivity contribution is -0.124. The predicted octanol–water partition coefficient (Wildman–Crippen LogP) is 2.60. The molecule has 0 spiro atoms. The maximum absolute atomic E-state index is 15.0. The second-order valence-corrected chi connectivity index (χ2v) is 9.78. The minimum atomic E-state index is -0.604. The molecule has 41 heavy (non-hydrogen) atoms. The molecule has 1 amide bonds. The number of aliphatic hydroxyl groups is 1. The van der Waals surface area contributed by atoms with E-state index in [0.717, 1.165) is 32.4 Å². The van der Waals surface area contributed by atoms with Gasteiger partial charge in [-0.25, -0.2) is 14.4 Å². The zero-order valence-electron chi connectivity index (χ0n) is 23.1. The molecule has 1 saturated heterocycles. The van der Waals surface area contributed by atoms with E-state index in [-0.39, 0.29) is 30.8 Å². The maximum Gasteiger partial charge on any atom is 0.244 e. The van der Waals surface area contributed by atoms with Crippen molar-refractivity contribution in [3.63, 3.8) is 0 Å². The quantitative estimate of drug-likeness (QED) is 0.227. The monoisotopic (exact) mass is 564 g/mol. The van der Waals surface area contributed by atoms with Crippen molar-refractivity contribution in [1.29, 1.82) is 0 Å². The number of carbonyl (C=O) groups excluding carboxylic acids is 1. The van der Waals surface area contributed by atoms with E-state index in [2.05, 4.69) is 47.4 Å². The number of anilines is 3. The molecule has 0 radical (unpaired) electrons. The van der Waals surface area contributed by atoms with Gasteiger partial charge < -0.3 is 35.1 Å². The fraction of sp³-hybridized carbons (Fsp3) is 0.357. The number of para-hydroxylation sites is 1. The molecular weight excluding hydrogens is 531 g/mol. The van der Waals surface area contributed by atoms with E-state index in [4.69, 9.17) is 9.47 Å². The highest BCUT2D eigenvalue weighted by atomic mass is 19.1. The van der Waals surface area contributed by atoms with Gasteiger partial charge in [0.15, 0.2) is 5.82 Å². The van der Waals surface area contributed by atoms with E-state index in [9.17, 15) is 9.90 Å². The lowest BCUT2D eigenvalue weighted by atomic mass is 10.1. The van der Waals surface area contributed by atoms with Crippen molar-refractivity contribution in [2.24, 2.45) is 0 Å². The van der Waals surface area contributed by atoms with Gasteiger partial charge in [-0.05, 0) is 13.1 Å². The number of aromatic amines is 1. The van der Waals surface area contributed by atoms with Crippen LogP contribution in [0, 0.1) is 5.82 Å². The van der Waals surface area contributed by atoms with Crippen molar-refractivity contribution < 1.29 is 23.8 Å². The SMILES string of the molecule is COC[C@H](C(=O)Nc1cccc2c(-c3nc(Nc4cnc(CO)c(OC)c4)ncc3F)c[nH]c12)N1CCN(C)CC1. The molecule has 0 unspecified atom stereocenters. The van der Waals surface area contributed by atoms with Crippen molar-refractivity contribution in [3.05, 3.63) is 54.4 Å². The average Bonchev–Trinajstić information content (AvgIpc) is 3.42. The second-order valence-electron chi connectivity index (χ2n) is 9.78. The third kappa shape index (κ3) is 6.12. The molecule has 13 heteroatoms. The molecule has 3 aromatic heterocycles. The normalized spacial score (nSPS) is 15.1. The average molecular weight is 565 g/mol. The number of pyridine rings is 1. The van der Waals surface area contributed by atoms with Crippen LogP contribution in [0.2, 0.25) is 0 Å². The van der Waals surface area contributed by atoms with Crippen LogP contribution < -0.4 is 15.4 Å². The number of likely N-dealkylation sites (N-methyl/N-ethyl adjacent to an activating group) is 1. The number of carbonyl (C=O) groups is 1. The van der Waals surface area contributed by atoms with Gasteiger partial charge in [0.25, 0.3) is 0 Å². The van der Waals surface area contributed by atoms with E-state index in [1.54, 1.807) is 31.5 Å². The Morgan fingerprint density at radius 1 is 1.20 bits per heavy atom. The first-order valence-electron chi connectivity index (χ1n) is 13.2. The number of halogens is 1. The van der Waals surface area contributed by atoms with Gasteiger partial charge in [-0.15, -0.1) is 0 Å². The third-order valence-electron chi connectivity index (χ3n) is 7.13. The van der Waals surface area contributed by atoms with Crippen LogP contribution in [-0.4, -0.2) is 101 Å². The number of nitrogens with one attached hydrogen (secondary N) is 3. The van der Waals surface area contributed by atoms with E-state index >= 15 is 4.39 Å². The molecule has 4 N–H and O–H groups in total. The van der Waals surface area contributed by atoms with Crippen molar-refractivity contribution in [3.8, 4) is 17.0 Å². The first-order chi connectivity index (χ1) is 19.9. The van der Waals surface area contributed by atoms with Gasteiger partial charge in [-0.2, -0.15) is 0 Å². The van der Waals surface area contributed by atoms with Crippen LogP contribution in [0.3, 0.4) is 0 Å². The van der Waals surface area contributed by atoms with Crippen molar-refractivity contribution in [2.45, 2.75) is 12.6 Å². The summed E-state index contributed by atoms with van der Waals surface area (Å²) in [6, 6.07) is 6.64. The van der Waals surface area contributed by atoms with E-state index in [1.807, 2.05) is 6.07 Å². The number of amides is 1. The number of methoxy groups -OCH3 is 2. The van der Waals surface area contributed by atoms with Crippen molar-refractivity contribution in [2.75, 3.05) is 64.7 Å². The summed E-state index contributed by atoms with van der Waals surface area (Å²) in [5.74, 6) is -0.231. The molecule has 4 aromatic rings. The minimum Gasteiger partial charge on any atom is -0.495 e. The lowest BCUT2D eigenvalue weighted by Crippen LogP contribution is -2.54. The van der Waals surface area contributed by atoms with Crippen molar-refractivity contribution >= 4 is 34.1 Å². The highest BCUT2D eigenvalue weighted by Gasteiger charge is 2.29. The second kappa shape index (κ2) is 12.6. The smallest absolute Gasteiger partial charge is 0.244 e. The summed E-state index contributed by atoms with van der Waals surface area (Å²) in [6.07, 6.45) is 4.25. The maximum atomic E-state index is 15.0. The minimum absolute atomic E-state index is 0.0822. The summed E-state index contributed by atoms with van der Waals surface area (Å²) >= 11 is 0. The van der Waals surface area contributed by atoms with Crippen LogP contribution >= 0.6 is 0 Å². The Bertz CT molecular complexity index is 1520. The molecular formula is C28H33FN8O4. The highest BCUT2D eigenvalue weighted by molar-refractivity contribution is 6.06. The predicted molar refractivity (Wildman–Crippen MR) is 153 cm³/mol. The fourth-order valence-corrected chi connectivity index (χ4v) is 4.89.